The summed E-state index contributed by atoms with van der Waals surface area (Å²) in [5.74, 6) is -1.21. The highest BCUT2D eigenvalue weighted by Crippen LogP contribution is 2.41. The molecule has 1 aliphatic rings. The number of hydrogen-bond acceptors (Lipinski definition) is 4. The van der Waals surface area contributed by atoms with E-state index in [2.05, 4.69) is 0 Å². The first-order chi connectivity index (χ1) is 11.2. The lowest BCUT2D eigenvalue weighted by molar-refractivity contribution is -0.297. The standard InChI is InChI=1S/C20H28O4/c1-14(6-5-7-15(2)12-19(23)24)8-9-17-16(3)18(22)10-11-20(17,4)13-21/h5-9,12,18,21-22H,10-11,13H2,1-4H3,(H,23,24)/p-1/b7-5+,9-8+,14-6+,15-12+. The molecule has 2 N–H and O–H groups in total. The maximum atomic E-state index is 10.4. The molecule has 132 valence electrons. The lowest BCUT2D eigenvalue weighted by atomic mass is 9.70. The zero-order chi connectivity index (χ0) is 18.3. The van der Waals surface area contributed by atoms with Gasteiger partial charge in [-0.2, -0.15) is 0 Å². The van der Waals surface area contributed by atoms with Gasteiger partial charge in [0.2, 0.25) is 0 Å². The topological polar surface area (TPSA) is 80.6 Å². The van der Waals surface area contributed by atoms with Crippen LogP contribution in [0.5, 0.6) is 0 Å². The normalized spacial score (nSPS) is 26.7. The molecule has 0 spiro atoms. The predicted octanol–water partition coefficient (Wildman–Crippen LogP) is 2.21. The highest BCUT2D eigenvalue weighted by Gasteiger charge is 2.34. The number of aliphatic hydroxyl groups is 2. The third-order valence-electron chi connectivity index (χ3n) is 4.47. The van der Waals surface area contributed by atoms with Gasteiger partial charge < -0.3 is 20.1 Å². The fraction of sp³-hybridized carbons (Fsp3) is 0.450. The molecule has 0 aliphatic heterocycles. The van der Waals surface area contributed by atoms with Crippen LogP contribution in [-0.2, 0) is 4.79 Å². The Bertz CT molecular complexity index is 620. The van der Waals surface area contributed by atoms with Crippen molar-refractivity contribution < 1.29 is 20.1 Å². The van der Waals surface area contributed by atoms with Crippen molar-refractivity contribution in [1.29, 1.82) is 0 Å². The van der Waals surface area contributed by atoms with Gasteiger partial charge in [0.1, 0.15) is 0 Å². The van der Waals surface area contributed by atoms with Gasteiger partial charge in [-0.3, -0.25) is 0 Å². The first-order valence-corrected chi connectivity index (χ1v) is 8.12. The van der Waals surface area contributed by atoms with E-state index in [0.29, 0.717) is 12.0 Å². The van der Waals surface area contributed by atoms with Crippen LogP contribution in [0.15, 0.2) is 58.7 Å². The first-order valence-electron chi connectivity index (χ1n) is 8.12. The number of hydrogen-bond donors (Lipinski definition) is 2. The number of rotatable bonds is 6. The van der Waals surface area contributed by atoms with Crippen LogP contribution in [0.25, 0.3) is 0 Å². The second kappa shape index (κ2) is 8.81. The van der Waals surface area contributed by atoms with E-state index in [4.69, 9.17) is 0 Å². The average Bonchev–Trinajstić information content (AvgIpc) is 2.50. The van der Waals surface area contributed by atoms with Crippen molar-refractivity contribution >= 4 is 5.97 Å². The van der Waals surface area contributed by atoms with Crippen molar-refractivity contribution in [3.63, 3.8) is 0 Å². The van der Waals surface area contributed by atoms with Crippen LogP contribution in [0.1, 0.15) is 40.5 Å². The fourth-order valence-electron chi connectivity index (χ4n) is 2.81. The molecular weight excluding hydrogens is 304 g/mol. The van der Waals surface area contributed by atoms with Crippen molar-refractivity contribution in [3.05, 3.63) is 58.7 Å². The number of carbonyl (C=O) groups excluding carboxylic acids is 1. The summed E-state index contributed by atoms with van der Waals surface area (Å²) in [7, 11) is 0. The lowest BCUT2D eigenvalue weighted by Gasteiger charge is -2.37. The number of carbonyl (C=O) groups is 1. The van der Waals surface area contributed by atoms with Crippen LogP contribution < -0.4 is 5.11 Å². The Morgan fingerprint density at radius 1 is 1.33 bits per heavy atom. The summed E-state index contributed by atoms with van der Waals surface area (Å²) >= 11 is 0. The predicted molar refractivity (Wildman–Crippen MR) is 93.9 cm³/mol. The van der Waals surface area contributed by atoms with E-state index in [1.165, 1.54) is 0 Å². The number of allylic oxidation sites excluding steroid dienone is 7. The van der Waals surface area contributed by atoms with Crippen molar-refractivity contribution in [2.24, 2.45) is 5.41 Å². The van der Waals surface area contributed by atoms with Crippen molar-refractivity contribution in [2.75, 3.05) is 6.61 Å². The highest BCUT2D eigenvalue weighted by atomic mass is 16.4. The minimum absolute atomic E-state index is 0.0482. The van der Waals surface area contributed by atoms with Gasteiger partial charge >= 0.3 is 0 Å². The monoisotopic (exact) mass is 331 g/mol. The largest absolute Gasteiger partial charge is 0.545 e. The summed E-state index contributed by atoms with van der Waals surface area (Å²) in [4.78, 5) is 10.4. The van der Waals surface area contributed by atoms with Gasteiger partial charge in [0.15, 0.2) is 0 Å². The van der Waals surface area contributed by atoms with E-state index < -0.39 is 12.1 Å². The fourth-order valence-corrected chi connectivity index (χ4v) is 2.81. The molecule has 0 radical (unpaired) electrons. The van der Waals surface area contributed by atoms with Gasteiger partial charge in [-0.25, -0.2) is 0 Å². The number of aliphatic hydroxyl groups excluding tert-OH is 2. The molecule has 0 amide bonds. The molecule has 1 rings (SSSR count). The molecule has 4 heteroatoms. The zero-order valence-corrected chi connectivity index (χ0v) is 14.9. The number of aliphatic carboxylic acids is 1. The lowest BCUT2D eigenvalue weighted by Crippen LogP contribution is -2.32. The molecule has 24 heavy (non-hydrogen) atoms. The molecule has 2 unspecified atom stereocenters. The van der Waals surface area contributed by atoms with E-state index in [1.54, 1.807) is 19.1 Å². The zero-order valence-electron chi connectivity index (χ0n) is 14.9. The van der Waals surface area contributed by atoms with E-state index >= 15 is 0 Å². The molecule has 0 aromatic heterocycles. The molecule has 0 saturated heterocycles. The molecule has 0 aromatic carbocycles. The minimum Gasteiger partial charge on any atom is -0.545 e. The van der Waals surface area contributed by atoms with Crippen molar-refractivity contribution in [1.82, 2.24) is 0 Å². The third kappa shape index (κ3) is 5.62. The Labute approximate surface area is 144 Å². The summed E-state index contributed by atoms with van der Waals surface area (Å²) in [6, 6.07) is 0. The first kappa shape index (κ1) is 20.1. The van der Waals surface area contributed by atoms with Gasteiger partial charge in [0.25, 0.3) is 0 Å². The summed E-state index contributed by atoms with van der Waals surface area (Å²) in [6.07, 6.45) is 11.2. The Morgan fingerprint density at radius 2 is 2.00 bits per heavy atom. The molecule has 2 atom stereocenters. The third-order valence-corrected chi connectivity index (χ3v) is 4.47. The molecule has 0 saturated carbocycles. The summed E-state index contributed by atoms with van der Waals surface area (Å²) in [5, 5.41) is 30.2. The van der Waals surface area contributed by atoms with Gasteiger partial charge in [-0.15, -0.1) is 0 Å². The van der Waals surface area contributed by atoms with Gasteiger partial charge in [-0.05, 0) is 56.4 Å². The van der Waals surface area contributed by atoms with Crippen LogP contribution in [0.3, 0.4) is 0 Å². The smallest absolute Gasteiger partial charge is 0.0753 e. The Kier molecular flexibility index (Phi) is 7.39. The molecule has 0 bridgehead atoms. The molecule has 0 aromatic rings. The number of carboxylic acid groups (broad SMARTS) is 1. The minimum atomic E-state index is -1.21. The SMILES string of the molecule is CC1=C(/C=C/C(C)=C/C=C/C(C)=C/C(=O)[O-])C(C)(CO)CCC1O. The summed E-state index contributed by atoms with van der Waals surface area (Å²) in [5.41, 5.74) is 3.14. The second-order valence-corrected chi connectivity index (χ2v) is 6.68. The summed E-state index contributed by atoms with van der Waals surface area (Å²) < 4.78 is 0. The Hall–Kier alpha value is -1.91. The van der Waals surface area contributed by atoms with Crippen LogP contribution in [-0.4, -0.2) is 28.9 Å². The maximum Gasteiger partial charge on any atom is 0.0753 e. The highest BCUT2D eigenvalue weighted by molar-refractivity contribution is 5.79. The Morgan fingerprint density at radius 3 is 2.58 bits per heavy atom. The second-order valence-electron chi connectivity index (χ2n) is 6.68. The van der Waals surface area contributed by atoms with Gasteiger partial charge in [-0.1, -0.05) is 42.9 Å². The molecule has 0 heterocycles. The molecular formula is C20H27O4-. The van der Waals surface area contributed by atoms with Gasteiger partial charge in [0.05, 0.1) is 18.7 Å². The number of carboxylic acids is 1. The van der Waals surface area contributed by atoms with E-state index in [-0.39, 0.29) is 12.0 Å². The molecule has 0 fully saturated rings. The average molecular weight is 331 g/mol. The molecule has 1 aliphatic carbocycles. The van der Waals surface area contributed by atoms with E-state index in [9.17, 15) is 20.1 Å². The van der Waals surface area contributed by atoms with Crippen molar-refractivity contribution in [3.8, 4) is 0 Å². The van der Waals surface area contributed by atoms with E-state index in [1.807, 2.05) is 39.0 Å². The van der Waals surface area contributed by atoms with Crippen LogP contribution >= 0.6 is 0 Å². The van der Waals surface area contributed by atoms with Gasteiger partial charge in [0, 0.05) is 5.41 Å². The quantitative estimate of drug-likeness (QED) is 0.578. The molecule has 4 nitrogen and oxygen atoms in total. The van der Waals surface area contributed by atoms with Crippen LogP contribution in [0.2, 0.25) is 0 Å². The Balaban J connectivity index is 2.93. The maximum absolute atomic E-state index is 10.4. The van der Waals surface area contributed by atoms with Crippen LogP contribution in [0, 0.1) is 5.41 Å². The van der Waals surface area contributed by atoms with Crippen molar-refractivity contribution in [2.45, 2.75) is 46.6 Å². The van der Waals surface area contributed by atoms with Crippen LogP contribution in [0.4, 0.5) is 0 Å². The van der Waals surface area contributed by atoms with E-state index in [0.717, 1.165) is 29.2 Å². The summed E-state index contributed by atoms with van der Waals surface area (Å²) in [6.45, 7) is 7.59.